The van der Waals surface area contributed by atoms with Crippen LogP contribution in [0.4, 0.5) is 0 Å². The van der Waals surface area contributed by atoms with Crippen molar-refractivity contribution in [1.29, 1.82) is 0 Å². The van der Waals surface area contributed by atoms with Crippen LogP contribution in [-0.2, 0) is 10.0 Å². The lowest BCUT2D eigenvalue weighted by Crippen LogP contribution is -2.49. The molecule has 0 aliphatic carbocycles. The Bertz CT molecular complexity index is 851. The Hall–Kier alpha value is -1.96. The van der Waals surface area contributed by atoms with Gasteiger partial charge in [-0.25, -0.2) is 8.42 Å². The van der Waals surface area contributed by atoms with E-state index < -0.39 is 10.0 Å². The molecular weight excluding hydrogens is 340 g/mol. The van der Waals surface area contributed by atoms with E-state index >= 15 is 0 Å². The molecule has 0 unspecified atom stereocenters. The van der Waals surface area contributed by atoms with Gasteiger partial charge in [0.25, 0.3) is 0 Å². The summed E-state index contributed by atoms with van der Waals surface area (Å²) in [5.74, 6) is 0.251. The number of carbonyl (C=O) groups excluding carboxylic acids is 1. The van der Waals surface area contributed by atoms with Gasteiger partial charge in [-0.1, -0.05) is 17.7 Å². The molecule has 1 fully saturated rings. The summed E-state index contributed by atoms with van der Waals surface area (Å²) < 4.78 is 32.3. The van der Waals surface area contributed by atoms with Crippen LogP contribution in [0.3, 0.4) is 0 Å². The highest BCUT2D eigenvalue weighted by molar-refractivity contribution is 7.89. The molecule has 1 aliphatic heterocycles. The molecule has 7 heteroatoms. The van der Waals surface area contributed by atoms with Crippen molar-refractivity contribution in [3.8, 4) is 0 Å². The first-order valence-electron chi connectivity index (χ1n) is 8.24. The lowest BCUT2D eigenvalue weighted by atomic mass is 10.2. The Morgan fingerprint density at radius 3 is 2.44 bits per heavy atom. The summed E-state index contributed by atoms with van der Waals surface area (Å²) in [6, 6.07) is 8.70. The number of aryl methyl sites for hydroxylation is 2. The zero-order valence-electron chi connectivity index (χ0n) is 14.4. The van der Waals surface area contributed by atoms with Crippen molar-refractivity contribution < 1.29 is 17.6 Å². The van der Waals surface area contributed by atoms with E-state index in [1.807, 2.05) is 30.9 Å². The Morgan fingerprint density at radius 1 is 1.12 bits per heavy atom. The maximum absolute atomic E-state index is 12.9. The van der Waals surface area contributed by atoms with E-state index in [0.717, 1.165) is 11.1 Å². The molecule has 0 spiro atoms. The largest absolute Gasteiger partial charge is 0.461 e. The third-order valence-electron chi connectivity index (χ3n) is 4.44. The van der Waals surface area contributed by atoms with Gasteiger partial charge in [0.2, 0.25) is 15.8 Å². The molecule has 2 aromatic rings. The molecule has 134 valence electrons. The van der Waals surface area contributed by atoms with Gasteiger partial charge >= 0.3 is 0 Å². The number of hydrogen-bond donors (Lipinski definition) is 0. The van der Waals surface area contributed by atoms with Crippen molar-refractivity contribution in [2.45, 2.75) is 18.7 Å². The van der Waals surface area contributed by atoms with Crippen molar-refractivity contribution >= 4 is 15.8 Å². The highest BCUT2D eigenvalue weighted by atomic mass is 32.2. The van der Waals surface area contributed by atoms with E-state index in [-0.39, 0.29) is 12.3 Å². The van der Waals surface area contributed by atoms with Crippen molar-refractivity contribution in [3.63, 3.8) is 0 Å². The minimum absolute atomic E-state index is 0.0873. The highest BCUT2D eigenvalue weighted by Gasteiger charge is 2.30. The van der Waals surface area contributed by atoms with Crippen LogP contribution in [0.1, 0.15) is 21.7 Å². The predicted octanol–water partition coefficient (Wildman–Crippen LogP) is 2.09. The lowest BCUT2D eigenvalue weighted by Gasteiger charge is -2.33. The first-order chi connectivity index (χ1) is 11.9. The summed E-state index contributed by atoms with van der Waals surface area (Å²) in [5, 5.41) is 0. The molecule has 2 heterocycles. The second kappa shape index (κ2) is 7.11. The van der Waals surface area contributed by atoms with Gasteiger partial charge in [-0.3, -0.25) is 9.69 Å². The number of ketones is 1. The number of nitrogens with zero attached hydrogens (tertiary/aromatic N) is 2. The van der Waals surface area contributed by atoms with Crippen LogP contribution in [0.25, 0.3) is 0 Å². The fourth-order valence-corrected chi connectivity index (χ4v) is 4.70. The van der Waals surface area contributed by atoms with E-state index in [1.54, 1.807) is 18.2 Å². The summed E-state index contributed by atoms with van der Waals surface area (Å²) >= 11 is 0. The summed E-state index contributed by atoms with van der Waals surface area (Å²) in [5.41, 5.74) is 1.80. The van der Waals surface area contributed by atoms with E-state index in [9.17, 15) is 13.2 Å². The minimum Gasteiger partial charge on any atom is -0.461 e. The lowest BCUT2D eigenvalue weighted by molar-refractivity contribution is 0.0874. The highest BCUT2D eigenvalue weighted by Crippen LogP contribution is 2.22. The van der Waals surface area contributed by atoms with Gasteiger partial charge in [-0.15, -0.1) is 0 Å². The van der Waals surface area contributed by atoms with Crippen LogP contribution in [-0.4, -0.2) is 56.1 Å². The molecule has 1 aromatic carbocycles. The molecule has 6 nitrogen and oxygen atoms in total. The Kier molecular flexibility index (Phi) is 5.08. The molecule has 1 saturated heterocycles. The molecule has 1 aliphatic rings. The summed E-state index contributed by atoms with van der Waals surface area (Å²) in [7, 11) is -3.50. The summed E-state index contributed by atoms with van der Waals surface area (Å²) in [6.07, 6.45) is 1.47. The molecule has 0 amide bonds. The molecule has 0 atom stereocenters. The number of rotatable bonds is 5. The first-order valence-corrected chi connectivity index (χ1v) is 9.68. The van der Waals surface area contributed by atoms with Crippen LogP contribution in [0.15, 0.2) is 45.9 Å². The van der Waals surface area contributed by atoms with Crippen LogP contribution < -0.4 is 0 Å². The van der Waals surface area contributed by atoms with Gasteiger partial charge in [0, 0.05) is 26.2 Å². The molecule has 0 saturated carbocycles. The van der Waals surface area contributed by atoms with Crippen LogP contribution >= 0.6 is 0 Å². The maximum Gasteiger partial charge on any atom is 0.243 e. The number of piperazine rings is 1. The number of Topliss-reactive ketones (excluding diaryl/α,β-unsaturated/α-hetero) is 1. The zero-order valence-corrected chi connectivity index (χ0v) is 15.3. The monoisotopic (exact) mass is 362 g/mol. The van der Waals surface area contributed by atoms with Gasteiger partial charge in [0.1, 0.15) is 0 Å². The normalized spacial score (nSPS) is 16.9. The topological polar surface area (TPSA) is 70.8 Å². The van der Waals surface area contributed by atoms with E-state index in [2.05, 4.69) is 0 Å². The second-order valence-electron chi connectivity index (χ2n) is 6.35. The van der Waals surface area contributed by atoms with Crippen molar-refractivity contribution in [2.24, 2.45) is 0 Å². The van der Waals surface area contributed by atoms with Gasteiger partial charge < -0.3 is 4.42 Å². The summed E-state index contributed by atoms with van der Waals surface area (Å²) in [6.45, 7) is 5.80. The first kappa shape index (κ1) is 17.8. The molecule has 1 aromatic heterocycles. The second-order valence-corrected chi connectivity index (χ2v) is 8.26. The average Bonchev–Trinajstić information content (AvgIpc) is 3.09. The van der Waals surface area contributed by atoms with Crippen molar-refractivity contribution in [2.75, 3.05) is 32.7 Å². The SMILES string of the molecule is Cc1ccc(S(=O)(=O)N2CCN(CC(=O)c3ccco3)CC2)c(C)c1. The van der Waals surface area contributed by atoms with Crippen molar-refractivity contribution in [1.82, 2.24) is 9.21 Å². The van der Waals surface area contributed by atoms with E-state index in [4.69, 9.17) is 4.42 Å². The fraction of sp³-hybridized carbons (Fsp3) is 0.389. The molecule has 0 N–H and O–H groups in total. The van der Waals surface area contributed by atoms with E-state index in [1.165, 1.54) is 10.6 Å². The zero-order chi connectivity index (χ0) is 18.0. The van der Waals surface area contributed by atoms with Crippen LogP contribution in [0.2, 0.25) is 0 Å². The van der Waals surface area contributed by atoms with Gasteiger partial charge in [0.05, 0.1) is 17.7 Å². The van der Waals surface area contributed by atoms with Crippen LogP contribution in [0.5, 0.6) is 0 Å². The standard InChI is InChI=1S/C18H22N2O4S/c1-14-5-6-18(15(2)12-14)25(22,23)20-9-7-19(8-10-20)13-16(21)17-4-3-11-24-17/h3-6,11-12H,7-10,13H2,1-2H3. The Labute approximate surface area is 148 Å². The number of furan rings is 1. The Morgan fingerprint density at radius 2 is 1.84 bits per heavy atom. The molecule has 0 bridgehead atoms. The minimum atomic E-state index is -3.50. The van der Waals surface area contributed by atoms with E-state index in [0.29, 0.717) is 36.8 Å². The quantitative estimate of drug-likeness (QED) is 0.762. The van der Waals surface area contributed by atoms with Crippen molar-refractivity contribution in [3.05, 3.63) is 53.5 Å². The fourth-order valence-electron chi connectivity index (χ4n) is 3.07. The van der Waals surface area contributed by atoms with Gasteiger partial charge in [0.15, 0.2) is 5.76 Å². The number of hydrogen-bond acceptors (Lipinski definition) is 5. The molecule has 3 rings (SSSR count). The maximum atomic E-state index is 12.9. The average molecular weight is 362 g/mol. The number of sulfonamides is 1. The molecule has 0 radical (unpaired) electrons. The molecule has 25 heavy (non-hydrogen) atoms. The third kappa shape index (κ3) is 3.84. The van der Waals surface area contributed by atoms with Crippen LogP contribution in [0, 0.1) is 13.8 Å². The third-order valence-corrected chi connectivity index (χ3v) is 6.50. The Balaban J connectivity index is 1.64. The number of benzene rings is 1. The smallest absolute Gasteiger partial charge is 0.243 e. The van der Waals surface area contributed by atoms with Gasteiger partial charge in [-0.05, 0) is 37.6 Å². The summed E-state index contributed by atoms with van der Waals surface area (Å²) in [4.78, 5) is 14.4. The predicted molar refractivity (Wildman–Crippen MR) is 94.2 cm³/mol. The number of carbonyl (C=O) groups is 1. The van der Waals surface area contributed by atoms with Gasteiger partial charge in [-0.2, -0.15) is 4.31 Å². The molecular formula is C18H22N2O4S.